The number of nitrogens with one attached hydrogen (secondary N) is 1. The van der Waals surface area contributed by atoms with E-state index < -0.39 is 0 Å². The molecule has 1 aliphatic rings. The molecule has 0 aromatic heterocycles. The average molecular weight is 381 g/mol. The first kappa shape index (κ1) is 15.4. The molecule has 0 fully saturated rings. The number of ether oxygens (including phenoxy) is 1. The summed E-state index contributed by atoms with van der Waals surface area (Å²) in [4.78, 5) is 12.5. The molecule has 0 saturated heterocycles. The molecule has 1 unspecified atom stereocenters. The summed E-state index contributed by atoms with van der Waals surface area (Å²) in [5, 5.41) is 3.50. The molecule has 3 rings (SSSR count). The summed E-state index contributed by atoms with van der Waals surface area (Å²) < 4.78 is 6.31. The topological polar surface area (TPSA) is 38.3 Å². The summed E-state index contributed by atoms with van der Waals surface area (Å²) in [6.45, 7) is 0. The van der Waals surface area contributed by atoms with Crippen LogP contribution in [-0.4, -0.2) is 13.0 Å². The number of hydrogen-bond donors (Lipinski definition) is 1. The third kappa shape index (κ3) is 3.13. The van der Waals surface area contributed by atoms with Crippen LogP contribution in [0.25, 0.3) is 0 Å². The Bertz CT molecular complexity index is 733. The van der Waals surface area contributed by atoms with E-state index in [1.54, 1.807) is 25.3 Å². The van der Waals surface area contributed by atoms with Crippen molar-refractivity contribution in [2.75, 3.05) is 12.4 Å². The monoisotopic (exact) mass is 379 g/mol. The van der Waals surface area contributed by atoms with Gasteiger partial charge in [0.1, 0.15) is 5.75 Å². The molecule has 0 radical (unpaired) electrons. The fraction of sp³-hybridized carbons (Fsp3) is 0.235. The summed E-state index contributed by atoms with van der Waals surface area (Å²) in [5.41, 5.74) is 3.08. The number of benzene rings is 2. The number of fused-ring (bicyclic) bond motifs is 1. The second-order valence-corrected chi connectivity index (χ2v) is 6.70. The van der Waals surface area contributed by atoms with E-state index in [0.29, 0.717) is 16.5 Å². The number of methoxy groups -OCH3 is 1. The van der Waals surface area contributed by atoms with E-state index in [9.17, 15) is 4.79 Å². The largest absolute Gasteiger partial charge is 0.495 e. The van der Waals surface area contributed by atoms with Gasteiger partial charge >= 0.3 is 0 Å². The van der Waals surface area contributed by atoms with Crippen molar-refractivity contribution in [3.05, 3.63) is 57.0 Å². The lowest BCUT2D eigenvalue weighted by molar-refractivity contribution is -0.119. The van der Waals surface area contributed by atoms with Crippen LogP contribution in [0.5, 0.6) is 5.75 Å². The minimum Gasteiger partial charge on any atom is -0.495 e. The predicted molar refractivity (Wildman–Crippen MR) is 91.7 cm³/mol. The van der Waals surface area contributed by atoms with Crippen LogP contribution in [0.1, 0.15) is 11.1 Å². The minimum absolute atomic E-state index is 0.00658. The highest BCUT2D eigenvalue weighted by atomic mass is 79.9. The van der Waals surface area contributed by atoms with Gasteiger partial charge in [-0.3, -0.25) is 4.79 Å². The van der Waals surface area contributed by atoms with Gasteiger partial charge in [-0.1, -0.05) is 33.6 Å². The molecule has 1 N–H and O–H groups in total. The third-order valence-electron chi connectivity index (χ3n) is 3.89. The van der Waals surface area contributed by atoms with Crippen LogP contribution in [0.15, 0.2) is 40.9 Å². The zero-order chi connectivity index (χ0) is 15.7. The molecule has 1 atom stereocenters. The van der Waals surface area contributed by atoms with Gasteiger partial charge in [0.25, 0.3) is 0 Å². The molecule has 1 amide bonds. The van der Waals surface area contributed by atoms with Gasteiger partial charge in [0.2, 0.25) is 5.91 Å². The van der Waals surface area contributed by atoms with Crippen LogP contribution in [0.3, 0.4) is 0 Å². The lowest BCUT2D eigenvalue weighted by atomic mass is 10.1. The highest BCUT2D eigenvalue weighted by Gasteiger charge is 2.28. The number of carbonyl (C=O) groups excluding carboxylic acids is 1. The first-order chi connectivity index (χ1) is 10.6. The molecule has 1 aliphatic carbocycles. The fourth-order valence-electron chi connectivity index (χ4n) is 2.78. The Morgan fingerprint density at radius 3 is 2.77 bits per heavy atom. The lowest BCUT2D eigenvalue weighted by Gasteiger charge is -2.13. The Kier molecular flexibility index (Phi) is 4.41. The zero-order valence-electron chi connectivity index (χ0n) is 12.0. The van der Waals surface area contributed by atoms with Crippen LogP contribution >= 0.6 is 27.5 Å². The highest BCUT2D eigenvalue weighted by Crippen LogP contribution is 2.32. The molecular formula is C17H15BrClNO2. The molecule has 0 aliphatic heterocycles. The van der Waals surface area contributed by atoms with E-state index in [1.807, 2.05) is 6.07 Å². The number of hydrogen-bond acceptors (Lipinski definition) is 2. The van der Waals surface area contributed by atoms with Crippen molar-refractivity contribution in [3.63, 3.8) is 0 Å². The van der Waals surface area contributed by atoms with Crippen molar-refractivity contribution >= 4 is 39.1 Å². The Morgan fingerprint density at radius 2 is 2.00 bits per heavy atom. The van der Waals surface area contributed by atoms with Crippen molar-refractivity contribution in [2.45, 2.75) is 12.8 Å². The fourth-order valence-corrected chi connectivity index (χ4v) is 3.37. The Morgan fingerprint density at radius 1 is 1.23 bits per heavy atom. The van der Waals surface area contributed by atoms with Crippen LogP contribution in [0.2, 0.25) is 5.02 Å². The molecule has 0 saturated carbocycles. The normalized spacial score (nSPS) is 16.2. The quantitative estimate of drug-likeness (QED) is 0.853. The van der Waals surface area contributed by atoms with Crippen molar-refractivity contribution < 1.29 is 9.53 Å². The molecular weight excluding hydrogens is 366 g/mol. The number of anilines is 1. The first-order valence-corrected chi connectivity index (χ1v) is 8.15. The van der Waals surface area contributed by atoms with Crippen LogP contribution in [-0.2, 0) is 17.6 Å². The molecule has 0 heterocycles. The molecule has 114 valence electrons. The molecule has 0 spiro atoms. The van der Waals surface area contributed by atoms with Crippen LogP contribution in [0.4, 0.5) is 5.69 Å². The number of amides is 1. The number of rotatable bonds is 3. The molecule has 5 heteroatoms. The summed E-state index contributed by atoms with van der Waals surface area (Å²) in [6, 6.07) is 11.4. The average Bonchev–Trinajstić information content (AvgIpc) is 2.90. The molecule has 2 aromatic rings. The van der Waals surface area contributed by atoms with E-state index in [-0.39, 0.29) is 11.8 Å². The van der Waals surface area contributed by atoms with Gasteiger partial charge in [0.15, 0.2) is 0 Å². The van der Waals surface area contributed by atoms with Gasteiger partial charge in [-0.15, -0.1) is 0 Å². The third-order valence-corrected chi connectivity index (χ3v) is 4.62. The Balaban J connectivity index is 1.75. The second kappa shape index (κ2) is 6.31. The maximum absolute atomic E-state index is 12.5. The van der Waals surface area contributed by atoms with E-state index in [0.717, 1.165) is 17.3 Å². The minimum atomic E-state index is -0.0620. The van der Waals surface area contributed by atoms with Crippen LogP contribution in [0, 0.1) is 5.92 Å². The standard InChI is InChI=1S/C17H15BrClNO2/c1-22-16-5-4-14(19)9-15(16)20-17(21)12-6-10-2-3-13(18)8-11(10)7-12/h2-5,8-9,12H,6-7H2,1H3,(H,20,21). The Hall–Kier alpha value is -1.52. The van der Waals surface area contributed by atoms with Gasteiger partial charge in [0.05, 0.1) is 12.8 Å². The molecule has 22 heavy (non-hydrogen) atoms. The van der Waals surface area contributed by atoms with Crippen LogP contribution < -0.4 is 10.1 Å². The van der Waals surface area contributed by atoms with E-state index in [2.05, 4.69) is 33.4 Å². The Labute approximate surface area is 142 Å². The molecule has 0 bridgehead atoms. The van der Waals surface area contributed by atoms with E-state index in [4.69, 9.17) is 16.3 Å². The number of halogens is 2. The van der Waals surface area contributed by atoms with Gasteiger partial charge < -0.3 is 10.1 Å². The SMILES string of the molecule is COc1ccc(Cl)cc1NC(=O)C1Cc2ccc(Br)cc2C1. The highest BCUT2D eigenvalue weighted by molar-refractivity contribution is 9.10. The summed E-state index contributed by atoms with van der Waals surface area (Å²) >= 11 is 9.47. The van der Waals surface area contributed by atoms with Gasteiger partial charge in [0, 0.05) is 15.4 Å². The van der Waals surface area contributed by atoms with E-state index in [1.165, 1.54) is 11.1 Å². The summed E-state index contributed by atoms with van der Waals surface area (Å²) in [6.07, 6.45) is 1.51. The summed E-state index contributed by atoms with van der Waals surface area (Å²) in [5.74, 6) is 0.539. The van der Waals surface area contributed by atoms with Crippen molar-refractivity contribution in [1.29, 1.82) is 0 Å². The van der Waals surface area contributed by atoms with Crippen molar-refractivity contribution in [2.24, 2.45) is 5.92 Å². The molecule has 3 nitrogen and oxygen atoms in total. The molecule has 2 aromatic carbocycles. The maximum atomic E-state index is 12.5. The van der Waals surface area contributed by atoms with Crippen molar-refractivity contribution in [3.8, 4) is 5.75 Å². The smallest absolute Gasteiger partial charge is 0.228 e. The maximum Gasteiger partial charge on any atom is 0.228 e. The lowest BCUT2D eigenvalue weighted by Crippen LogP contribution is -2.23. The van der Waals surface area contributed by atoms with Gasteiger partial charge in [-0.2, -0.15) is 0 Å². The number of carbonyl (C=O) groups is 1. The first-order valence-electron chi connectivity index (χ1n) is 6.98. The summed E-state index contributed by atoms with van der Waals surface area (Å²) in [7, 11) is 1.57. The zero-order valence-corrected chi connectivity index (χ0v) is 14.4. The van der Waals surface area contributed by atoms with Gasteiger partial charge in [-0.05, 0) is 54.3 Å². The van der Waals surface area contributed by atoms with E-state index >= 15 is 0 Å². The van der Waals surface area contributed by atoms with Gasteiger partial charge in [-0.25, -0.2) is 0 Å². The second-order valence-electron chi connectivity index (χ2n) is 5.35. The predicted octanol–water partition coefficient (Wildman–Crippen LogP) is 4.46. The van der Waals surface area contributed by atoms with Crippen molar-refractivity contribution in [1.82, 2.24) is 0 Å².